The molecule has 0 radical (unpaired) electrons. The second-order valence-electron chi connectivity index (χ2n) is 6.45. The highest BCUT2D eigenvalue weighted by Crippen LogP contribution is 2.27. The Morgan fingerprint density at radius 1 is 1.17 bits per heavy atom. The Morgan fingerprint density at radius 3 is 2.62 bits per heavy atom. The molecule has 1 heterocycles. The van der Waals surface area contributed by atoms with Crippen molar-refractivity contribution in [2.75, 3.05) is 18.1 Å². The Balaban J connectivity index is 1.58. The lowest BCUT2D eigenvalue weighted by Crippen LogP contribution is -2.41. The van der Waals surface area contributed by atoms with Gasteiger partial charge in [-0.3, -0.25) is 9.59 Å². The Bertz CT molecular complexity index is 1060. The minimum atomic E-state index is -4.03. The van der Waals surface area contributed by atoms with E-state index in [2.05, 4.69) is 4.72 Å². The molecule has 1 aliphatic rings. The first kappa shape index (κ1) is 21.6. The van der Waals surface area contributed by atoms with E-state index in [4.69, 9.17) is 27.9 Å². The predicted octanol–water partition coefficient (Wildman–Crippen LogP) is 2.79. The Labute approximate surface area is 178 Å². The van der Waals surface area contributed by atoms with E-state index < -0.39 is 28.6 Å². The van der Waals surface area contributed by atoms with E-state index in [1.165, 1.54) is 25.1 Å². The fourth-order valence-electron chi connectivity index (χ4n) is 2.93. The van der Waals surface area contributed by atoms with Crippen molar-refractivity contribution in [3.05, 3.63) is 58.1 Å². The van der Waals surface area contributed by atoms with Gasteiger partial charge in [-0.2, -0.15) is 4.72 Å². The van der Waals surface area contributed by atoms with E-state index in [0.717, 1.165) is 17.7 Å². The van der Waals surface area contributed by atoms with Crippen LogP contribution in [-0.4, -0.2) is 39.5 Å². The smallest absolute Gasteiger partial charge is 0.324 e. The number of benzene rings is 2. The molecule has 3 rings (SSSR count). The minimum Gasteiger partial charge on any atom is -0.454 e. The lowest BCUT2D eigenvalue weighted by molar-refractivity contribution is -0.149. The number of hydrogen-bond acceptors (Lipinski definition) is 5. The van der Waals surface area contributed by atoms with Gasteiger partial charge in [-0.05, 0) is 43.2 Å². The van der Waals surface area contributed by atoms with Crippen molar-refractivity contribution < 1.29 is 22.7 Å². The van der Waals surface area contributed by atoms with Gasteiger partial charge in [-0.25, -0.2) is 8.42 Å². The molecule has 29 heavy (non-hydrogen) atoms. The topological polar surface area (TPSA) is 92.8 Å². The lowest BCUT2D eigenvalue weighted by Gasteiger charge is -2.18. The van der Waals surface area contributed by atoms with Crippen molar-refractivity contribution in [1.29, 1.82) is 0 Å². The van der Waals surface area contributed by atoms with Gasteiger partial charge in [0.15, 0.2) is 6.61 Å². The number of rotatable bonds is 6. The molecule has 0 saturated heterocycles. The molecule has 2 aromatic carbocycles. The molecule has 10 heteroatoms. The zero-order valence-electron chi connectivity index (χ0n) is 15.4. The predicted molar refractivity (Wildman–Crippen MR) is 110 cm³/mol. The summed E-state index contributed by atoms with van der Waals surface area (Å²) in [5, 5.41) is 0.279. The van der Waals surface area contributed by atoms with Crippen LogP contribution >= 0.6 is 23.2 Å². The van der Waals surface area contributed by atoms with Crippen molar-refractivity contribution in [2.24, 2.45) is 0 Å². The lowest BCUT2D eigenvalue weighted by atomic mass is 10.2. The van der Waals surface area contributed by atoms with Crippen LogP contribution in [0.4, 0.5) is 5.69 Å². The molecule has 2 aromatic rings. The molecule has 0 aromatic heterocycles. The number of carbonyl (C=O) groups is 2. The number of ether oxygens (including phenoxy) is 1. The Kier molecular flexibility index (Phi) is 6.48. The highest BCUT2D eigenvalue weighted by atomic mass is 35.5. The van der Waals surface area contributed by atoms with Crippen LogP contribution in [0, 0.1) is 0 Å². The third-order valence-corrected chi connectivity index (χ3v) is 6.69. The number of sulfonamides is 1. The fourth-order valence-corrected chi connectivity index (χ4v) is 4.51. The summed E-state index contributed by atoms with van der Waals surface area (Å²) >= 11 is 11.6. The second kappa shape index (κ2) is 8.71. The number of amides is 1. The summed E-state index contributed by atoms with van der Waals surface area (Å²) in [6.07, 6.45) is 0.732. The Morgan fingerprint density at radius 2 is 1.90 bits per heavy atom. The molecular formula is C19H18Cl2N2O5S. The summed E-state index contributed by atoms with van der Waals surface area (Å²) in [6, 6.07) is 10.1. The average molecular weight is 457 g/mol. The van der Waals surface area contributed by atoms with Gasteiger partial charge in [0, 0.05) is 12.2 Å². The van der Waals surface area contributed by atoms with E-state index in [1.54, 1.807) is 4.90 Å². The molecule has 0 spiro atoms. The van der Waals surface area contributed by atoms with Gasteiger partial charge in [0.05, 0.1) is 14.9 Å². The van der Waals surface area contributed by atoms with E-state index in [0.29, 0.717) is 6.54 Å². The van der Waals surface area contributed by atoms with Crippen LogP contribution in [-0.2, 0) is 30.8 Å². The van der Waals surface area contributed by atoms with Gasteiger partial charge in [0.2, 0.25) is 10.0 Å². The molecule has 0 bridgehead atoms. The van der Waals surface area contributed by atoms with Crippen molar-refractivity contribution in [3.63, 3.8) is 0 Å². The molecule has 1 N–H and O–H groups in total. The number of anilines is 1. The van der Waals surface area contributed by atoms with Crippen LogP contribution in [0.5, 0.6) is 0 Å². The van der Waals surface area contributed by atoms with Gasteiger partial charge in [0.1, 0.15) is 6.04 Å². The van der Waals surface area contributed by atoms with Crippen LogP contribution in [0.1, 0.15) is 12.5 Å². The largest absolute Gasteiger partial charge is 0.454 e. The fraction of sp³-hybridized carbons (Fsp3) is 0.263. The van der Waals surface area contributed by atoms with Crippen LogP contribution in [0.15, 0.2) is 47.4 Å². The summed E-state index contributed by atoms with van der Waals surface area (Å²) in [6.45, 7) is 1.36. The number of halogens is 2. The molecule has 154 valence electrons. The zero-order valence-corrected chi connectivity index (χ0v) is 17.7. The molecule has 0 saturated carbocycles. The van der Waals surface area contributed by atoms with Gasteiger partial charge < -0.3 is 9.64 Å². The molecule has 0 aliphatic carbocycles. The van der Waals surface area contributed by atoms with Gasteiger partial charge in [0.25, 0.3) is 5.91 Å². The zero-order chi connectivity index (χ0) is 21.2. The maximum atomic E-state index is 12.4. The highest BCUT2D eigenvalue weighted by molar-refractivity contribution is 7.89. The van der Waals surface area contributed by atoms with Crippen molar-refractivity contribution in [2.45, 2.75) is 24.3 Å². The SMILES string of the molecule is CC(NS(=O)(=O)c1ccc(Cl)c(Cl)c1)C(=O)OCC(=O)N1CCc2ccccc21. The summed E-state index contributed by atoms with van der Waals surface area (Å²) in [5.41, 5.74) is 1.84. The minimum absolute atomic E-state index is 0.0706. The standard InChI is InChI=1S/C19H18Cl2N2O5S/c1-12(22-29(26,27)14-6-7-15(20)16(21)10-14)19(25)28-11-18(24)23-9-8-13-4-2-3-5-17(13)23/h2-7,10,12,22H,8-9,11H2,1H3. The molecule has 7 nitrogen and oxygen atoms in total. The summed E-state index contributed by atoms with van der Waals surface area (Å²) in [4.78, 5) is 26.0. The van der Waals surface area contributed by atoms with Crippen LogP contribution in [0.25, 0.3) is 0 Å². The first-order chi connectivity index (χ1) is 13.7. The average Bonchev–Trinajstić information content (AvgIpc) is 3.11. The number of nitrogens with zero attached hydrogens (tertiary/aromatic N) is 1. The summed E-state index contributed by atoms with van der Waals surface area (Å²) in [7, 11) is -4.03. The first-order valence-electron chi connectivity index (χ1n) is 8.71. The highest BCUT2D eigenvalue weighted by Gasteiger charge is 2.27. The van der Waals surface area contributed by atoms with E-state index in [-0.39, 0.29) is 20.8 Å². The molecule has 1 atom stereocenters. The first-order valence-corrected chi connectivity index (χ1v) is 11.0. The molecular weight excluding hydrogens is 439 g/mol. The maximum absolute atomic E-state index is 12.4. The molecule has 0 fully saturated rings. The second-order valence-corrected chi connectivity index (χ2v) is 8.98. The number of hydrogen-bond donors (Lipinski definition) is 1. The number of fused-ring (bicyclic) bond motifs is 1. The molecule has 1 aliphatic heterocycles. The third-order valence-electron chi connectivity index (χ3n) is 4.41. The number of nitrogens with one attached hydrogen (secondary N) is 1. The van der Waals surface area contributed by atoms with Crippen molar-refractivity contribution >= 4 is 50.8 Å². The van der Waals surface area contributed by atoms with E-state index >= 15 is 0 Å². The molecule has 1 unspecified atom stereocenters. The van der Waals surface area contributed by atoms with Gasteiger partial charge >= 0.3 is 5.97 Å². The van der Waals surface area contributed by atoms with Crippen LogP contribution < -0.4 is 9.62 Å². The number of para-hydroxylation sites is 1. The van der Waals surface area contributed by atoms with Gasteiger partial charge in [-0.1, -0.05) is 41.4 Å². The van der Waals surface area contributed by atoms with Crippen LogP contribution in [0.3, 0.4) is 0 Å². The van der Waals surface area contributed by atoms with Crippen molar-refractivity contribution in [1.82, 2.24) is 4.72 Å². The monoisotopic (exact) mass is 456 g/mol. The van der Waals surface area contributed by atoms with Crippen LogP contribution in [0.2, 0.25) is 10.0 Å². The quantitative estimate of drug-likeness (QED) is 0.674. The molecule has 1 amide bonds. The third kappa shape index (κ3) is 4.90. The number of carbonyl (C=O) groups excluding carboxylic acids is 2. The van der Waals surface area contributed by atoms with Crippen molar-refractivity contribution in [3.8, 4) is 0 Å². The van der Waals surface area contributed by atoms with Gasteiger partial charge in [-0.15, -0.1) is 0 Å². The maximum Gasteiger partial charge on any atom is 0.324 e. The summed E-state index contributed by atoms with van der Waals surface area (Å²) < 4.78 is 32.0. The number of esters is 1. The van der Waals surface area contributed by atoms with E-state index in [9.17, 15) is 18.0 Å². The summed E-state index contributed by atoms with van der Waals surface area (Å²) in [5.74, 6) is -1.24. The van der Waals surface area contributed by atoms with E-state index in [1.807, 2.05) is 24.3 Å². The normalized spacial score (nSPS) is 14.4. The Hall–Kier alpha value is -2.13.